The number of imidazole rings is 1. The van der Waals surface area contributed by atoms with Gasteiger partial charge in [-0.25, -0.2) is 4.98 Å². The molecule has 7 heteroatoms. The molecule has 0 saturated heterocycles. The fourth-order valence-corrected chi connectivity index (χ4v) is 1.97. The number of rotatable bonds is 6. The molecule has 0 bridgehead atoms. The molecule has 0 aliphatic carbocycles. The monoisotopic (exact) mass is 299 g/mol. The van der Waals surface area contributed by atoms with Crippen molar-refractivity contribution in [1.29, 1.82) is 0 Å². The lowest BCUT2D eigenvalue weighted by Gasteiger charge is -2.14. The molecular weight excluding hydrogens is 283 g/mol. The molecule has 1 heterocycles. The summed E-state index contributed by atoms with van der Waals surface area (Å²) in [5.41, 5.74) is -0.446. The normalized spacial score (nSPS) is 11.6. The van der Waals surface area contributed by atoms with E-state index in [4.69, 9.17) is 4.74 Å². The summed E-state index contributed by atoms with van der Waals surface area (Å²) in [4.78, 5) is 4.09. The molecule has 1 aromatic heterocycles. The Labute approximate surface area is 120 Å². The van der Waals surface area contributed by atoms with Gasteiger partial charge in [0.05, 0.1) is 12.2 Å². The Morgan fingerprint density at radius 1 is 1.29 bits per heavy atom. The van der Waals surface area contributed by atoms with Crippen LogP contribution in [-0.2, 0) is 24.0 Å². The molecule has 0 unspecified atom stereocenters. The largest absolute Gasteiger partial charge is 0.416 e. The second kappa shape index (κ2) is 6.62. The van der Waals surface area contributed by atoms with E-state index in [1.165, 1.54) is 12.1 Å². The van der Waals surface area contributed by atoms with E-state index in [1.807, 2.05) is 0 Å². The minimum absolute atomic E-state index is 0.0552. The number of alkyl halides is 3. The van der Waals surface area contributed by atoms with E-state index in [2.05, 4.69) is 10.3 Å². The van der Waals surface area contributed by atoms with Gasteiger partial charge in [0.1, 0.15) is 0 Å². The van der Waals surface area contributed by atoms with E-state index < -0.39 is 11.7 Å². The average Bonchev–Trinajstić information content (AvgIpc) is 2.89. The molecule has 2 rings (SSSR count). The number of nitrogens with zero attached hydrogens (tertiary/aromatic N) is 2. The van der Waals surface area contributed by atoms with Gasteiger partial charge in [0.2, 0.25) is 5.95 Å². The SMILES string of the molecule is COCCn1ccnc1NCc1ccccc1C(F)(F)F. The summed E-state index contributed by atoms with van der Waals surface area (Å²) in [6.45, 7) is 1.14. The van der Waals surface area contributed by atoms with Crippen molar-refractivity contribution in [2.45, 2.75) is 19.3 Å². The first-order valence-electron chi connectivity index (χ1n) is 6.41. The van der Waals surface area contributed by atoms with Crippen LogP contribution in [0.25, 0.3) is 0 Å². The third-order valence-electron chi connectivity index (χ3n) is 3.01. The molecule has 1 aromatic carbocycles. The van der Waals surface area contributed by atoms with Gasteiger partial charge in [-0.3, -0.25) is 0 Å². The molecule has 1 N–H and O–H groups in total. The summed E-state index contributed by atoms with van der Waals surface area (Å²) in [5.74, 6) is 0.518. The van der Waals surface area contributed by atoms with Gasteiger partial charge >= 0.3 is 6.18 Å². The summed E-state index contributed by atoms with van der Waals surface area (Å²) in [5, 5.41) is 2.93. The van der Waals surface area contributed by atoms with Crippen molar-refractivity contribution in [3.8, 4) is 0 Å². The third-order valence-corrected chi connectivity index (χ3v) is 3.01. The van der Waals surface area contributed by atoms with Gasteiger partial charge in [-0.1, -0.05) is 18.2 Å². The van der Waals surface area contributed by atoms with E-state index in [0.717, 1.165) is 6.07 Å². The molecule has 0 fully saturated rings. The van der Waals surface area contributed by atoms with E-state index in [9.17, 15) is 13.2 Å². The van der Waals surface area contributed by atoms with E-state index in [0.29, 0.717) is 19.1 Å². The zero-order valence-electron chi connectivity index (χ0n) is 11.5. The summed E-state index contributed by atoms with van der Waals surface area (Å²) >= 11 is 0. The molecule has 0 spiro atoms. The minimum atomic E-state index is -4.36. The molecule has 0 saturated carbocycles. The fraction of sp³-hybridized carbons (Fsp3) is 0.357. The molecule has 0 radical (unpaired) electrons. The summed E-state index contributed by atoms with van der Waals surface area (Å²) in [6.07, 6.45) is -1.02. The van der Waals surface area contributed by atoms with Crippen molar-refractivity contribution in [2.75, 3.05) is 19.0 Å². The first-order valence-corrected chi connectivity index (χ1v) is 6.41. The number of halogens is 3. The van der Waals surface area contributed by atoms with Crippen LogP contribution in [0.1, 0.15) is 11.1 Å². The number of benzene rings is 1. The van der Waals surface area contributed by atoms with Crippen molar-refractivity contribution in [3.05, 3.63) is 47.8 Å². The van der Waals surface area contributed by atoms with Crippen molar-refractivity contribution in [1.82, 2.24) is 9.55 Å². The van der Waals surface area contributed by atoms with Gasteiger partial charge in [0.25, 0.3) is 0 Å². The van der Waals surface area contributed by atoms with Gasteiger partial charge in [0.15, 0.2) is 0 Å². The zero-order chi connectivity index (χ0) is 15.3. The Hall–Kier alpha value is -2.02. The topological polar surface area (TPSA) is 39.1 Å². The predicted octanol–water partition coefficient (Wildman–Crippen LogP) is 3.16. The number of nitrogens with one attached hydrogen (secondary N) is 1. The standard InChI is InChI=1S/C14H16F3N3O/c1-21-9-8-20-7-6-18-13(20)19-10-11-4-2-3-5-12(11)14(15,16)17/h2-7H,8-10H2,1H3,(H,18,19). The highest BCUT2D eigenvalue weighted by molar-refractivity contribution is 5.34. The maximum absolute atomic E-state index is 12.9. The van der Waals surface area contributed by atoms with Crippen LogP contribution in [0.3, 0.4) is 0 Å². The molecule has 0 amide bonds. The molecule has 21 heavy (non-hydrogen) atoms. The van der Waals surface area contributed by atoms with Gasteiger partial charge in [0, 0.05) is 32.6 Å². The van der Waals surface area contributed by atoms with E-state index in [1.54, 1.807) is 30.1 Å². The van der Waals surface area contributed by atoms with Gasteiger partial charge in [-0.05, 0) is 11.6 Å². The lowest BCUT2D eigenvalue weighted by atomic mass is 10.1. The van der Waals surface area contributed by atoms with E-state index >= 15 is 0 Å². The van der Waals surface area contributed by atoms with Crippen LogP contribution < -0.4 is 5.32 Å². The van der Waals surface area contributed by atoms with Gasteiger partial charge in [-0.2, -0.15) is 13.2 Å². The maximum Gasteiger partial charge on any atom is 0.416 e. The number of ether oxygens (including phenoxy) is 1. The Kier molecular flexibility index (Phi) is 4.85. The zero-order valence-corrected chi connectivity index (χ0v) is 11.5. The van der Waals surface area contributed by atoms with Crippen LogP contribution in [0.15, 0.2) is 36.7 Å². The smallest absolute Gasteiger partial charge is 0.383 e. The number of aromatic nitrogens is 2. The number of hydrogen-bond donors (Lipinski definition) is 1. The van der Waals surface area contributed by atoms with Crippen molar-refractivity contribution in [2.24, 2.45) is 0 Å². The molecule has 0 aliphatic rings. The quantitative estimate of drug-likeness (QED) is 0.890. The number of hydrogen-bond acceptors (Lipinski definition) is 3. The molecule has 0 aliphatic heterocycles. The van der Waals surface area contributed by atoms with Gasteiger partial charge in [-0.15, -0.1) is 0 Å². The summed E-state index contributed by atoms with van der Waals surface area (Å²) in [6, 6.07) is 5.50. The van der Waals surface area contributed by atoms with Crippen molar-refractivity contribution in [3.63, 3.8) is 0 Å². The second-order valence-electron chi connectivity index (χ2n) is 4.45. The highest BCUT2D eigenvalue weighted by atomic mass is 19.4. The van der Waals surface area contributed by atoms with Crippen LogP contribution in [0.4, 0.5) is 19.1 Å². The molecule has 114 valence electrons. The average molecular weight is 299 g/mol. The van der Waals surface area contributed by atoms with Crippen LogP contribution in [0.2, 0.25) is 0 Å². The van der Waals surface area contributed by atoms with Crippen molar-refractivity contribution >= 4 is 5.95 Å². The first kappa shape index (κ1) is 15.4. The highest BCUT2D eigenvalue weighted by Crippen LogP contribution is 2.32. The molecule has 4 nitrogen and oxygen atoms in total. The fourth-order valence-electron chi connectivity index (χ4n) is 1.97. The van der Waals surface area contributed by atoms with Crippen LogP contribution in [0, 0.1) is 0 Å². The van der Waals surface area contributed by atoms with Crippen LogP contribution >= 0.6 is 0 Å². The van der Waals surface area contributed by atoms with E-state index in [-0.39, 0.29) is 12.1 Å². The predicted molar refractivity (Wildman–Crippen MR) is 72.9 cm³/mol. The van der Waals surface area contributed by atoms with Crippen LogP contribution in [0.5, 0.6) is 0 Å². The number of anilines is 1. The van der Waals surface area contributed by atoms with Crippen LogP contribution in [-0.4, -0.2) is 23.3 Å². The molecule has 0 atom stereocenters. The number of methoxy groups -OCH3 is 1. The lowest BCUT2D eigenvalue weighted by Crippen LogP contribution is -2.14. The summed E-state index contributed by atoms with van der Waals surface area (Å²) in [7, 11) is 1.59. The highest BCUT2D eigenvalue weighted by Gasteiger charge is 2.32. The maximum atomic E-state index is 12.9. The lowest BCUT2D eigenvalue weighted by molar-refractivity contribution is -0.138. The van der Waals surface area contributed by atoms with Gasteiger partial charge < -0.3 is 14.6 Å². The molecular formula is C14H16F3N3O. The molecule has 2 aromatic rings. The minimum Gasteiger partial charge on any atom is -0.383 e. The summed E-state index contributed by atoms with van der Waals surface area (Å²) < 4.78 is 45.4. The Bertz CT molecular complexity index is 581. The first-order chi connectivity index (χ1) is 10.0. The third kappa shape index (κ3) is 3.98. The Morgan fingerprint density at radius 2 is 2.05 bits per heavy atom. The van der Waals surface area contributed by atoms with Crippen molar-refractivity contribution < 1.29 is 17.9 Å². The second-order valence-corrected chi connectivity index (χ2v) is 4.45. The Morgan fingerprint density at radius 3 is 2.76 bits per heavy atom. The Balaban J connectivity index is 2.09.